The van der Waals surface area contributed by atoms with Crippen molar-refractivity contribution in [2.24, 2.45) is 0 Å². The molecule has 0 amide bonds. The van der Waals surface area contributed by atoms with Crippen molar-refractivity contribution in [1.82, 2.24) is 4.57 Å². The van der Waals surface area contributed by atoms with Gasteiger partial charge < -0.3 is 9.67 Å². The molecule has 0 aliphatic heterocycles. The fourth-order valence-corrected chi connectivity index (χ4v) is 2.06. The molecular formula is C9H9NO2S. The Morgan fingerprint density at radius 2 is 2.31 bits per heavy atom. The van der Waals surface area contributed by atoms with Crippen molar-refractivity contribution in [1.29, 1.82) is 0 Å². The second-order valence-corrected chi connectivity index (χ2v) is 3.68. The van der Waals surface area contributed by atoms with Gasteiger partial charge in [-0.2, -0.15) is 0 Å². The van der Waals surface area contributed by atoms with Crippen LogP contribution in [-0.4, -0.2) is 16.3 Å². The quantitative estimate of drug-likeness (QED) is 0.778. The van der Waals surface area contributed by atoms with Gasteiger partial charge >= 0.3 is 0 Å². The molecule has 2 aromatic rings. The molecule has 0 unspecified atom stereocenters. The van der Waals surface area contributed by atoms with E-state index in [-0.39, 0.29) is 12.2 Å². The van der Waals surface area contributed by atoms with Crippen molar-refractivity contribution >= 4 is 21.4 Å². The van der Waals surface area contributed by atoms with Crippen LogP contribution in [0.25, 0.3) is 10.1 Å². The number of hydrogen-bond acceptors (Lipinski definition) is 3. The van der Waals surface area contributed by atoms with Crippen LogP contribution in [0.4, 0.5) is 0 Å². The molecule has 0 saturated carbocycles. The fourth-order valence-electron chi connectivity index (χ4n) is 1.29. The van der Waals surface area contributed by atoms with E-state index in [1.807, 2.05) is 17.5 Å². The van der Waals surface area contributed by atoms with Crippen LogP contribution in [0.5, 0.6) is 0 Å². The Morgan fingerprint density at radius 1 is 1.46 bits per heavy atom. The van der Waals surface area contributed by atoms with Gasteiger partial charge in [0, 0.05) is 17.4 Å². The molecule has 2 heterocycles. The van der Waals surface area contributed by atoms with Crippen molar-refractivity contribution < 1.29 is 5.11 Å². The summed E-state index contributed by atoms with van der Waals surface area (Å²) in [7, 11) is 0. The first-order valence-electron chi connectivity index (χ1n) is 4.00. The highest BCUT2D eigenvalue weighted by Crippen LogP contribution is 2.15. The third-order valence-corrected chi connectivity index (χ3v) is 2.82. The summed E-state index contributed by atoms with van der Waals surface area (Å²) in [6.07, 6.45) is 1.72. The fraction of sp³-hybridized carbons (Fsp3) is 0.222. The van der Waals surface area contributed by atoms with E-state index in [1.165, 1.54) is 4.57 Å². The summed E-state index contributed by atoms with van der Waals surface area (Å²) in [6, 6.07) is 3.72. The highest BCUT2D eigenvalue weighted by Gasteiger charge is 2.01. The van der Waals surface area contributed by atoms with Crippen molar-refractivity contribution in [3.63, 3.8) is 0 Å². The maximum absolute atomic E-state index is 11.6. The van der Waals surface area contributed by atoms with Crippen molar-refractivity contribution in [3.8, 4) is 0 Å². The summed E-state index contributed by atoms with van der Waals surface area (Å²) in [5.74, 6) is 0. The number of pyridine rings is 1. The van der Waals surface area contributed by atoms with E-state index in [2.05, 4.69) is 0 Å². The molecule has 4 heteroatoms. The summed E-state index contributed by atoms with van der Waals surface area (Å²) in [6.45, 7) is 0.361. The minimum Gasteiger partial charge on any atom is -0.395 e. The molecule has 13 heavy (non-hydrogen) atoms. The van der Waals surface area contributed by atoms with Gasteiger partial charge in [0.25, 0.3) is 5.56 Å². The zero-order chi connectivity index (χ0) is 9.26. The molecule has 2 rings (SSSR count). The maximum atomic E-state index is 11.6. The third-order valence-electron chi connectivity index (χ3n) is 1.93. The molecule has 0 aliphatic carbocycles. The van der Waals surface area contributed by atoms with Gasteiger partial charge in [-0.05, 0) is 17.5 Å². The average molecular weight is 195 g/mol. The molecule has 0 spiro atoms. The van der Waals surface area contributed by atoms with E-state index in [1.54, 1.807) is 17.5 Å². The SMILES string of the molecule is O=c1c2ccsc2ccn1CCO. The van der Waals surface area contributed by atoms with Gasteiger partial charge in [-0.25, -0.2) is 0 Å². The van der Waals surface area contributed by atoms with E-state index >= 15 is 0 Å². The first-order chi connectivity index (χ1) is 6.33. The van der Waals surface area contributed by atoms with Crippen molar-refractivity contribution in [3.05, 3.63) is 34.1 Å². The lowest BCUT2D eigenvalue weighted by atomic mass is 10.3. The van der Waals surface area contributed by atoms with Gasteiger partial charge in [-0.3, -0.25) is 4.79 Å². The van der Waals surface area contributed by atoms with Gasteiger partial charge in [0.15, 0.2) is 0 Å². The molecule has 0 radical (unpaired) electrons. The summed E-state index contributed by atoms with van der Waals surface area (Å²) < 4.78 is 2.52. The van der Waals surface area contributed by atoms with Crippen LogP contribution in [0.1, 0.15) is 0 Å². The van der Waals surface area contributed by atoms with Gasteiger partial charge in [-0.15, -0.1) is 11.3 Å². The summed E-state index contributed by atoms with van der Waals surface area (Å²) in [5.41, 5.74) is -0.0206. The molecule has 2 aromatic heterocycles. The van der Waals surface area contributed by atoms with Crippen LogP contribution in [0.15, 0.2) is 28.5 Å². The lowest BCUT2D eigenvalue weighted by Gasteiger charge is -2.01. The molecular weight excluding hydrogens is 186 g/mol. The first kappa shape index (κ1) is 8.47. The van der Waals surface area contributed by atoms with Crippen LogP contribution in [-0.2, 0) is 6.54 Å². The van der Waals surface area contributed by atoms with Gasteiger partial charge in [-0.1, -0.05) is 0 Å². The van der Waals surface area contributed by atoms with Crippen molar-refractivity contribution in [2.75, 3.05) is 6.61 Å². The molecule has 0 saturated heterocycles. The molecule has 68 valence electrons. The van der Waals surface area contributed by atoms with Gasteiger partial charge in [0.1, 0.15) is 0 Å². The number of fused-ring (bicyclic) bond motifs is 1. The Morgan fingerprint density at radius 3 is 3.08 bits per heavy atom. The Hall–Kier alpha value is -1.13. The van der Waals surface area contributed by atoms with Crippen molar-refractivity contribution in [2.45, 2.75) is 6.54 Å². The maximum Gasteiger partial charge on any atom is 0.259 e. The van der Waals surface area contributed by atoms with E-state index < -0.39 is 0 Å². The molecule has 1 N–H and O–H groups in total. The van der Waals surface area contributed by atoms with Crippen LogP contribution in [0.3, 0.4) is 0 Å². The highest BCUT2D eigenvalue weighted by atomic mass is 32.1. The summed E-state index contributed by atoms with van der Waals surface area (Å²) in [4.78, 5) is 11.6. The zero-order valence-corrected chi connectivity index (χ0v) is 7.75. The van der Waals surface area contributed by atoms with Gasteiger partial charge in [0.05, 0.1) is 12.0 Å². The van der Waals surface area contributed by atoms with E-state index in [9.17, 15) is 4.79 Å². The minimum atomic E-state index is -0.0206. The first-order valence-corrected chi connectivity index (χ1v) is 4.88. The predicted molar refractivity (Wildman–Crippen MR) is 53.2 cm³/mol. The Bertz CT molecular complexity index is 472. The third kappa shape index (κ3) is 1.38. The van der Waals surface area contributed by atoms with E-state index in [4.69, 9.17) is 5.11 Å². The normalized spacial score (nSPS) is 10.8. The number of aromatic nitrogens is 1. The highest BCUT2D eigenvalue weighted by molar-refractivity contribution is 7.17. The standard InChI is InChI=1S/C9H9NO2S/c11-5-4-10-3-1-8-7(9(10)12)2-6-13-8/h1-3,6,11H,4-5H2. The lowest BCUT2D eigenvalue weighted by Crippen LogP contribution is -2.20. The van der Waals surface area contributed by atoms with Crippen LogP contribution in [0, 0.1) is 0 Å². The largest absolute Gasteiger partial charge is 0.395 e. The van der Waals surface area contributed by atoms with E-state index in [0.29, 0.717) is 6.54 Å². The Kier molecular flexibility index (Phi) is 2.16. The number of aliphatic hydroxyl groups is 1. The number of nitrogens with zero attached hydrogens (tertiary/aromatic N) is 1. The lowest BCUT2D eigenvalue weighted by molar-refractivity contribution is 0.274. The van der Waals surface area contributed by atoms with E-state index in [0.717, 1.165) is 10.1 Å². The summed E-state index contributed by atoms with van der Waals surface area (Å²) in [5, 5.41) is 11.3. The number of rotatable bonds is 2. The Labute approximate surface area is 78.9 Å². The average Bonchev–Trinajstić information content (AvgIpc) is 2.58. The molecule has 0 aromatic carbocycles. The Balaban J connectivity index is 2.67. The number of hydrogen-bond donors (Lipinski definition) is 1. The van der Waals surface area contributed by atoms with Crippen LogP contribution < -0.4 is 5.56 Å². The molecule has 3 nitrogen and oxygen atoms in total. The topological polar surface area (TPSA) is 42.2 Å². The monoisotopic (exact) mass is 195 g/mol. The number of thiophene rings is 1. The molecule has 0 atom stereocenters. The predicted octanol–water partition coefficient (Wildman–Crippen LogP) is 1.06. The minimum absolute atomic E-state index is 0.00441. The number of aliphatic hydroxyl groups excluding tert-OH is 1. The molecule has 0 fully saturated rings. The van der Waals surface area contributed by atoms with Gasteiger partial charge in [0.2, 0.25) is 0 Å². The second-order valence-electron chi connectivity index (χ2n) is 2.74. The smallest absolute Gasteiger partial charge is 0.259 e. The molecule has 0 bridgehead atoms. The van der Waals surface area contributed by atoms with Crippen LogP contribution in [0.2, 0.25) is 0 Å². The summed E-state index contributed by atoms with van der Waals surface area (Å²) >= 11 is 1.55. The zero-order valence-electron chi connectivity index (χ0n) is 6.93. The second kappa shape index (κ2) is 3.32. The molecule has 0 aliphatic rings. The van der Waals surface area contributed by atoms with Crippen LogP contribution >= 0.6 is 11.3 Å².